The molecule has 3 aromatic rings. The molecule has 0 unspecified atom stereocenters. The molecule has 3 rings (SSSR count). The Morgan fingerprint density at radius 3 is 0.962 bits per heavy atom. The SMILES string of the molecule is CCN(CC)CC.c1ccc(C(c2ccccc2)c2ccccc2)cc1. The van der Waals surface area contributed by atoms with Crippen molar-refractivity contribution in [3.63, 3.8) is 0 Å². The molecular weight excluding hydrogens is 314 g/mol. The Labute approximate surface area is 159 Å². The zero-order valence-electron chi connectivity index (χ0n) is 16.3. The molecule has 0 fully saturated rings. The number of nitrogens with zero attached hydrogens (tertiary/aromatic N) is 1. The summed E-state index contributed by atoms with van der Waals surface area (Å²) in [6.07, 6.45) is 0. The summed E-state index contributed by atoms with van der Waals surface area (Å²) in [5.74, 6) is 0.309. The van der Waals surface area contributed by atoms with E-state index < -0.39 is 0 Å². The van der Waals surface area contributed by atoms with E-state index in [-0.39, 0.29) is 0 Å². The van der Waals surface area contributed by atoms with Crippen LogP contribution in [0.2, 0.25) is 0 Å². The van der Waals surface area contributed by atoms with Gasteiger partial charge in [-0.3, -0.25) is 0 Å². The van der Waals surface area contributed by atoms with Crippen LogP contribution >= 0.6 is 0 Å². The van der Waals surface area contributed by atoms with Gasteiger partial charge < -0.3 is 4.90 Å². The number of benzene rings is 3. The minimum Gasteiger partial charge on any atom is -0.304 e. The van der Waals surface area contributed by atoms with Crippen LogP contribution in [0.25, 0.3) is 0 Å². The first-order valence-electron chi connectivity index (χ1n) is 9.67. The summed E-state index contributed by atoms with van der Waals surface area (Å²) in [7, 11) is 0. The van der Waals surface area contributed by atoms with E-state index in [9.17, 15) is 0 Å². The lowest BCUT2D eigenvalue weighted by Crippen LogP contribution is -2.21. The average molecular weight is 346 g/mol. The molecule has 0 saturated heterocycles. The molecule has 0 aromatic heterocycles. The molecule has 0 radical (unpaired) electrons. The molecule has 1 heteroatoms. The zero-order valence-corrected chi connectivity index (χ0v) is 16.3. The maximum atomic E-state index is 2.38. The molecule has 1 nitrogen and oxygen atoms in total. The second-order valence-electron chi connectivity index (χ2n) is 6.28. The minimum atomic E-state index is 0.309. The lowest BCUT2D eigenvalue weighted by Gasteiger charge is -2.18. The fourth-order valence-electron chi connectivity index (χ4n) is 3.18. The fourth-order valence-corrected chi connectivity index (χ4v) is 3.18. The Bertz CT molecular complexity index is 603. The van der Waals surface area contributed by atoms with Gasteiger partial charge in [-0.05, 0) is 36.3 Å². The van der Waals surface area contributed by atoms with Crippen molar-refractivity contribution in [2.24, 2.45) is 0 Å². The highest BCUT2D eigenvalue weighted by Crippen LogP contribution is 2.31. The Morgan fingerprint density at radius 1 is 0.500 bits per heavy atom. The molecule has 3 aromatic carbocycles. The fraction of sp³-hybridized carbons (Fsp3) is 0.280. The van der Waals surface area contributed by atoms with Crippen molar-refractivity contribution in [1.29, 1.82) is 0 Å². The van der Waals surface area contributed by atoms with Crippen molar-refractivity contribution in [1.82, 2.24) is 4.90 Å². The summed E-state index contributed by atoms with van der Waals surface area (Å²) in [4.78, 5) is 2.38. The van der Waals surface area contributed by atoms with E-state index in [1.807, 2.05) is 0 Å². The first-order valence-corrected chi connectivity index (χ1v) is 9.67. The van der Waals surface area contributed by atoms with Crippen LogP contribution in [0.5, 0.6) is 0 Å². The summed E-state index contributed by atoms with van der Waals surface area (Å²) in [6.45, 7) is 10.1. The van der Waals surface area contributed by atoms with Crippen molar-refractivity contribution in [3.8, 4) is 0 Å². The van der Waals surface area contributed by atoms with Crippen LogP contribution in [-0.2, 0) is 0 Å². The highest BCUT2D eigenvalue weighted by Gasteiger charge is 2.15. The van der Waals surface area contributed by atoms with E-state index in [0.29, 0.717) is 5.92 Å². The van der Waals surface area contributed by atoms with Gasteiger partial charge in [-0.25, -0.2) is 0 Å². The van der Waals surface area contributed by atoms with Gasteiger partial charge in [0.2, 0.25) is 0 Å². The Kier molecular flexibility index (Phi) is 8.65. The molecule has 136 valence electrons. The highest BCUT2D eigenvalue weighted by molar-refractivity contribution is 5.42. The lowest BCUT2D eigenvalue weighted by atomic mass is 9.85. The molecule has 0 amide bonds. The van der Waals surface area contributed by atoms with E-state index >= 15 is 0 Å². The van der Waals surface area contributed by atoms with Gasteiger partial charge in [0.05, 0.1) is 0 Å². The standard InChI is InChI=1S/C19H16.C6H15N/c1-4-10-16(11-5-1)19(17-12-6-2-7-13-17)18-14-8-3-9-15-18;1-4-7(5-2)6-3/h1-15,19H;4-6H2,1-3H3. The first-order chi connectivity index (χ1) is 12.8. The number of hydrogen-bond donors (Lipinski definition) is 0. The Balaban J connectivity index is 0.000000298. The predicted molar refractivity (Wildman–Crippen MR) is 114 cm³/mol. The predicted octanol–water partition coefficient (Wildman–Crippen LogP) is 6.21. The summed E-state index contributed by atoms with van der Waals surface area (Å²) < 4.78 is 0. The van der Waals surface area contributed by atoms with Crippen molar-refractivity contribution in [3.05, 3.63) is 108 Å². The van der Waals surface area contributed by atoms with Gasteiger partial charge in [0.1, 0.15) is 0 Å². The summed E-state index contributed by atoms with van der Waals surface area (Å²) in [5.41, 5.74) is 4.00. The summed E-state index contributed by atoms with van der Waals surface area (Å²) >= 11 is 0. The highest BCUT2D eigenvalue weighted by atomic mass is 15.1. The molecule has 0 bridgehead atoms. The maximum Gasteiger partial charge on any atom is 0.0339 e. The zero-order chi connectivity index (χ0) is 18.6. The van der Waals surface area contributed by atoms with Crippen molar-refractivity contribution < 1.29 is 0 Å². The van der Waals surface area contributed by atoms with E-state index in [0.717, 1.165) is 0 Å². The molecule has 0 atom stereocenters. The van der Waals surface area contributed by atoms with Gasteiger partial charge in [0.25, 0.3) is 0 Å². The second kappa shape index (κ2) is 11.3. The van der Waals surface area contributed by atoms with Gasteiger partial charge in [-0.1, -0.05) is 112 Å². The Morgan fingerprint density at radius 2 is 0.769 bits per heavy atom. The topological polar surface area (TPSA) is 3.24 Å². The van der Waals surface area contributed by atoms with Gasteiger partial charge in [0, 0.05) is 5.92 Å². The maximum absolute atomic E-state index is 2.38. The molecule has 0 N–H and O–H groups in total. The van der Waals surface area contributed by atoms with Crippen LogP contribution < -0.4 is 0 Å². The van der Waals surface area contributed by atoms with E-state index in [2.05, 4.69) is 117 Å². The smallest absolute Gasteiger partial charge is 0.0339 e. The van der Waals surface area contributed by atoms with Gasteiger partial charge in [-0.2, -0.15) is 0 Å². The van der Waals surface area contributed by atoms with Gasteiger partial charge in [-0.15, -0.1) is 0 Å². The van der Waals surface area contributed by atoms with Crippen molar-refractivity contribution >= 4 is 0 Å². The lowest BCUT2D eigenvalue weighted by molar-refractivity contribution is 0.321. The normalized spacial score (nSPS) is 10.5. The third-order valence-electron chi connectivity index (χ3n) is 4.74. The average Bonchev–Trinajstić information content (AvgIpc) is 2.72. The van der Waals surface area contributed by atoms with E-state index in [1.165, 1.54) is 36.3 Å². The van der Waals surface area contributed by atoms with E-state index in [4.69, 9.17) is 0 Å². The molecule has 0 saturated carbocycles. The third kappa shape index (κ3) is 5.86. The molecule has 0 aliphatic rings. The summed E-state index contributed by atoms with van der Waals surface area (Å²) in [6, 6.07) is 32.0. The van der Waals surface area contributed by atoms with Crippen molar-refractivity contribution in [2.45, 2.75) is 26.7 Å². The number of hydrogen-bond acceptors (Lipinski definition) is 1. The van der Waals surface area contributed by atoms with Crippen LogP contribution in [0.1, 0.15) is 43.4 Å². The first kappa shape index (κ1) is 19.9. The van der Waals surface area contributed by atoms with Crippen molar-refractivity contribution in [2.75, 3.05) is 19.6 Å². The quantitative estimate of drug-likeness (QED) is 0.480. The van der Waals surface area contributed by atoms with Crippen LogP contribution in [0.3, 0.4) is 0 Å². The molecular formula is C25H31N. The number of rotatable bonds is 6. The monoisotopic (exact) mass is 345 g/mol. The van der Waals surface area contributed by atoms with Gasteiger partial charge >= 0.3 is 0 Å². The van der Waals surface area contributed by atoms with Gasteiger partial charge in [0.15, 0.2) is 0 Å². The Hall–Kier alpha value is -2.38. The molecule has 0 aliphatic carbocycles. The second-order valence-corrected chi connectivity index (χ2v) is 6.28. The van der Waals surface area contributed by atoms with Crippen LogP contribution in [0, 0.1) is 0 Å². The minimum absolute atomic E-state index is 0.309. The molecule has 0 aliphatic heterocycles. The van der Waals surface area contributed by atoms with Crippen LogP contribution in [0.4, 0.5) is 0 Å². The molecule has 0 heterocycles. The summed E-state index contributed by atoms with van der Waals surface area (Å²) in [5, 5.41) is 0. The van der Waals surface area contributed by atoms with Crippen LogP contribution in [0.15, 0.2) is 91.0 Å². The van der Waals surface area contributed by atoms with Crippen LogP contribution in [-0.4, -0.2) is 24.5 Å². The molecule has 26 heavy (non-hydrogen) atoms. The molecule has 0 spiro atoms. The van der Waals surface area contributed by atoms with E-state index in [1.54, 1.807) is 0 Å². The largest absolute Gasteiger partial charge is 0.304 e. The third-order valence-corrected chi connectivity index (χ3v) is 4.74.